The molecule has 6 rings (SSSR count). The predicted octanol–water partition coefficient (Wildman–Crippen LogP) is -0.0564. The molecule has 2 fully saturated rings. The summed E-state index contributed by atoms with van der Waals surface area (Å²) in [5.74, 6) is 1.17. The number of anilines is 2. The quantitative estimate of drug-likeness (QED) is 0.469. The second kappa shape index (κ2) is 7.75. The van der Waals surface area contributed by atoms with Gasteiger partial charge >= 0.3 is 185 Å². The number of hydrogen-bond donors (Lipinski definition) is 2. The first-order chi connectivity index (χ1) is 15.2. The van der Waals surface area contributed by atoms with Crippen LogP contribution in [0.25, 0.3) is 0 Å². The standard InChI is InChI=1S/C20H23AsN8O2/c30-18(25-20-28-22-10-31-20)15-5-2-8-29(15)19-23-13-4-1-3-12(13)17(24-19)21-16-9-14(26-27-16)11-6-7-11/h9-11,15,21H,1-8H2,(H,26,27)(H,25,28,30). The van der Waals surface area contributed by atoms with Gasteiger partial charge in [0.25, 0.3) is 0 Å². The molecule has 3 aromatic rings. The number of carbonyl (C=O) groups excluding carboxylic acids is 1. The van der Waals surface area contributed by atoms with Gasteiger partial charge in [-0.05, 0) is 0 Å². The van der Waals surface area contributed by atoms with Gasteiger partial charge in [-0.25, -0.2) is 0 Å². The van der Waals surface area contributed by atoms with Crippen molar-refractivity contribution in [3.8, 4) is 0 Å². The number of aromatic amines is 1. The van der Waals surface area contributed by atoms with Crippen LogP contribution in [0.15, 0.2) is 16.9 Å². The molecule has 0 spiro atoms. The number of fused-ring (bicyclic) bond motifs is 1. The van der Waals surface area contributed by atoms with Gasteiger partial charge < -0.3 is 0 Å². The van der Waals surface area contributed by atoms with Crippen molar-refractivity contribution in [3.05, 3.63) is 29.4 Å². The van der Waals surface area contributed by atoms with Crippen molar-refractivity contribution < 1.29 is 9.21 Å². The molecule has 2 unspecified atom stereocenters. The number of aryl methyl sites for hydroxylation is 1. The minimum absolute atomic E-state index is 0.115. The Morgan fingerprint density at radius 2 is 2.16 bits per heavy atom. The zero-order chi connectivity index (χ0) is 20.8. The molecule has 3 aromatic heterocycles. The van der Waals surface area contributed by atoms with Gasteiger partial charge in [-0.1, -0.05) is 0 Å². The number of H-pyrrole nitrogens is 1. The van der Waals surface area contributed by atoms with Gasteiger partial charge in [0.2, 0.25) is 0 Å². The minimum atomic E-state index is -0.666. The van der Waals surface area contributed by atoms with E-state index in [4.69, 9.17) is 14.4 Å². The Hall–Kier alpha value is -2.74. The zero-order valence-electron chi connectivity index (χ0n) is 17.0. The average molecular weight is 482 g/mol. The normalized spacial score (nSPS) is 20.6. The van der Waals surface area contributed by atoms with Crippen LogP contribution in [0.3, 0.4) is 0 Å². The van der Waals surface area contributed by atoms with Crippen LogP contribution in [-0.2, 0) is 17.6 Å². The van der Waals surface area contributed by atoms with Crippen molar-refractivity contribution in [3.63, 3.8) is 0 Å². The first-order valence-electron chi connectivity index (χ1n) is 10.8. The van der Waals surface area contributed by atoms with Crippen LogP contribution in [0.2, 0.25) is 0 Å². The summed E-state index contributed by atoms with van der Waals surface area (Å²) in [4.78, 5) is 24.8. The number of hydrogen-bond acceptors (Lipinski definition) is 8. The summed E-state index contributed by atoms with van der Waals surface area (Å²) < 4.78 is 7.37. The van der Waals surface area contributed by atoms with E-state index in [2.05, 4.69) is 31.8 Å². The molecule has 4 heterocycles. The Balaban J connectivity index is 1.27. The molecule has 1 saturated carbocycles. The molecule has 3 aliphatic rings. The SMILES string of the molecule is O=C(Nc1nnco1)C1CCCN1c1nc2c(c([AsH]c3cc(C4CC4)[nH]n3)n1)CCC2. The van der Waals surface area contributed by atoms with Gasteiger partial charge in [0.15, 0.2) is 0 Å². The van der Waals surface area contributed by atoms with Crippen molar-refractivity contribution in [1.82, 2.24) is 30.4 Å². The molecule has 1 saturated heterocycles. The van der Waals surface area contributed by atoms with Crippen LogP contribution in [0.5, 0.6) is 0 Å². The number of rotatable bonds is 6. The Labute approximate surface area is 185 Å². The molecule has 10 nitrogen and oxygen atoms in total. The molecule has 2 atom stereocenters. The first-order valence-corrected chi connectivity index (χ1v) is 12.9. The molecule has 0 radical (unpaired) electrons. The van der Waals surface area contributed by atoms with Crippen molar-refractivity contribution in [2.45, 2.75) is 56.9 Å². The van der Waals surface area contributed by atoms with Gasteiger partial charge in [-0.3, -0.25) is 0 Å². The fraction of sp³-hybridized carbons (Fsp3) is 0.500. The third-order valence-electron chi connectivity index (χ3n) is 6.19. The Kier molecular flexibility index (Phi) is 4.74. The topological polar surface area (TPSA) is 126 Å². The molecule has 2 N–H and O–H groups in total. The molecule has 11 heteroatoms. The zero-order valence-corrected chi connectivity index (χ0v) is 19.1. The molecular weight excluding hydrogens is 459 g/mol. The number of amides is 1. The number of nitrogens with zero attached hydrogens (tertiary/aromatic N) is 6. The number of carbonyl (C=O) groups is 1. The van der Waals surface area contributed by atoms with Crippen LogP contribution in [0.4, 0.5) is 12.0 Å². The van der Waals surface area contributed by atoms with Crippen molar-refractivity contribution in [2.24, 2.45) is 0 Å². The van der Waals surface area contributed by atoms with Gasteiger partial charge in [-0.2, -0.15) is 0 Å². The Morgan fingerprint density at radius 3 is 3.00 bits per heavy atom. The van der Waals surface area contributed by atoms with Crippen LogP contribution >= 0.6 is 0 Å². The Bertz CT molecular complexity index is 1110. The van der Waals surface area contributed by atoms with Crippen molar-refractivity contribution >= 4 is 42.6 Å². The molecule has 1 amide bonds. The number of aromatic nitrogens is 6. The fourth-order valence-electron chi connectivity index (χ4n) is 4.47. The third-order valence-corrected chi connectivity index (χ3v) is 8.62. The van der Waals surface area contributed by atoms with E-state index in [0.29, 0.717) is 11.9 Å². The van der Waals surface area contributed by atoms with E-state index >= 15 is 0 Å². The van der Waals surface area contributed by atoms with Crippen molar-refractivity contribution in [1.29, 1.82) is 0 Å². The molecule has 0 bridgehead atoms. The summed E-state index contributed by atoms with van der Waals surface area (Å²) >= 11 is -0.666. The fourth-order valence-corrected chi connectivity index (χ4v) is 6.90. The van der Waals surface area contributed by atoms with Crippen LogP contribution in [-0.4, -0.2) is 64.6 Å². The van der Waals surface area contributed by atoms with E-state index in [1.807, 2.05) is 4.90 Å². The second-order valence-electron chi connectivity index (χ2n) is 8.34. The van der Waals surface area contributed by atoms with E-state index in [9.17, 15) is 4.79 Å². The Morgan fingerprint density at radius 1 is 1.23 bits per heavy atom. The molecule has 160 valence electrons. The van der Waals surface area contributed by atoms with Gasteiger partial charge in [0.1, 0.15) is 0 Å². The van der Waals surface area contributed by atoms with Gasteiger partial charge in [0.05, 0.1) is 0 Å². The summed E-state index contributed by atoms with van der Waals surface area (Å²) in [6.45, 7) is 0.758. The van der Waals surface area contributed by atoms with Crippen LogP contribution in [0, 0.1) is 0 Å². The van der Waals surface area contributed by atoms with E-state index in [1.165, 1.54) is 30.5 Å². The monoisotopic (exact) mass is 482 g/mol. The van der Waals surface area contributed by atoms with Gasteiger partial charge in [0, 0.05) is 0 Å². The third kappa shape index (κ3) is 3.73. The first kappa shape index (κ1) is 19.0. The van der Waals surface area contributed by atoms with Crippen LogP contribution in [0.1, 0.15) is 55.0 Å². The maximum absolute atomic E-state index is 12.8. The maximum atomic E-state index is 12.8. The number of nitrogens with one attached hydrogen (secondary N) is 2. The van der Waals surface area contributed by atoms with E-state index in [-0.39, 0.29) is 18.0 Å². The summed E-state index contributed by atoms with van der Waals surface area (Å²) in [6, 6.07) is 2.01. The summed E-state index contributed by atoms with van der Waals surface area (Å²) in [7, 11) is 0. The van der Waals surface area contributed by atoms with E-state index in [1.54, 1.807) is 0 Å². The molecule has 0 aromatic carbocycles. The molecule has 31 heavy (non-hydrogen) atoms. The second-order valence-corrected chi connectivity index (χ2v) is 10.9. The summed E-state index contributed by atoms with van der Waals surface area (Å²) in [5.41, 5.74) is 3.72. The molecular formula is C20H23AsN8O2. The summed E-state index contributed by atoms with van der Waals surface area (Å²) in [5, 5.41) is 17.9. The van der Waals surface area contributed by atoms with E-state index < -0.39 is 15.8 Å². The van der Waals surface area contributed by atoms with E-state index in [0.717, 1.165) is 53.3 Å². The van der Waals surface area contributed by atoms with Crippen molar-refractivity contribution in [2.75, 3.05) is 16.8 Å². The average Bonchev–Trinajstić information content (AvgIpc) is 3.27. The van der Waals surface area contributed by atoms with Crippen LogP contribution < -0.4 is 19.2 Å². The van der Waals surface area contributed by atoms with Gasteiger partial charge in [-0.15, -0.1) is 0 Å². The predicted molar refractivity (Wildman–Crippen MR) is 114 cm³/mol. The molecule has 1 aliphatic heterocycles. The summed E-state index contributed by atoms with van der Waals surface area (Å²) in [6.07, 6.45) is 8.51. The molecule has 2 aliphatic carbocycles.